The van der Waals surface area contributed by atoms with E-state index in [9.17, 15) is 24.5 Å². The van der Waals surface area contributed by atoms with Crippen LogP contribution in [0.3, 0.4) is 0 Å². The molecule has 1 aliphatic heterocycles. The summed E-state index contributed by atoms with van der Waals surface area (Å²) in [5.74, 6) is -1.04. The van der Waals surface area contributed by atoms with Gasteiger partial charge in [-0.05, 0) is 46.1 Å². The van der Waals surface area contributed by atoms with Crippen molar-refractivity contribution in [1.82, 2.24) is 9.80 Å². The molecule has 176 valence electrons. The summed E-state index contributed by atoms with van der Waals surface area (Å²) in [6, 6.07) is 4.30. The highest BCUT2D eigenvalue weighted by molar-refractivity contribution is 5.95. The molecule has 0 N–H and O–H groups in total. The average Bonchev–Trinajstić information content (AvgIpc) is 2.78. The number of nitro groups is 1. The van der Waals surface area contributed by atoms with Crippen LogP contribution in [0.25, 0.3) is 0 Å². The van der Waals surface area contributed by atoms with Gasteiger partial charge < -0.3 is 14.5 Å². The number of nitrogens with zero attached hydrogens (tertiary/aromatic N) is 3. The zero-order chi connectivity index (χ0) is 23.8. The lowest BCUT2D eigenvalue weighted by molar-refractivity contribution is -0.385. The molecule has 1 aromatic carbocycles. The van der Waals surface area contributed by atoms with Crippen molar-refractivity contribution < 1.29 is 24.0 Å². The van der Waals surface area contributed by atoms with Crippen LogP contribution in [-0.2, 0) is 14.3 Å². The first-order valence-corrected chi connectivity index (χ1v) is 11.2. The highest BCUT2D eigenvalue weighted by atomic mass is 16.6. The lowest BCUT2D eigenvalue weighted by Gasteiger charge is -2.33. The monoisotopic (exact) mass is 447 g/mol. The molecule has 9 heteroatoms. The number of ether oxygens (including phenoxy) is 1. The fourth-order valence-electron chi connectivity index (χ4n) is 3.88. The first-order chi connectivity index (χ1) is 15.2. The van der Waals surface area contributed by atoms with Gasteiger partial charge in [0.1, 0.15) is 0 Å². The molecule has 0 aliphatic carbocycles. The van der Waals surface area contributed by atoms with Gasteiger partial charge in [-0.1, -0.05) is 13.0 Å². The molecule has 1 aromatic rings. The minimum absolute atomic E-state index is 0.102. The van der Waals surface area contributed by atoms with Gasteiger partial charge in [0.25, 0.3) is 11.6 Å². The predicted octanol–water partition coefficient (Wildman–Crippen LogP) is 3.34. The van der Waals surface area contributed by atoms with E-state index >= 15 is 0 Å². The average molecular weight is 448 g/mol. The third-order valence-corrected chi connectivity index (χ3v) is 6.00. The molecular formula is C23H33N3O6. The first kappa shape index (κ1) is 25.3. The van der Waals surface area contributed by atoms with Crippen molar-refractivity contribution in [2.75, 3.05) is 26.2 Å². The zero-order valence-corrected chi connectivity index (χ0v) is 19.3. The van der Waals surface area contributed by atoms with Crippen LogP contribution in [0.5, 0.6) is 0 Å². The quantitative estimate of drug-likeness (QED) is 0.326. The van der Waals surface area contributed by atoms with Crippen LogP contribution >= 0.6 is 0 Å². The van der Waals surface area contributed by atoms with Crippen LogP contribution in [0, 0.1) is 23.0 Å². The van der Waals surface area contributed by atoms with Crippen LogP contribution in [0.4, 0.5) is 5.69 Å². The molecule has 2 amide bonds. The summed E-state index contributed by atoms with van der Waals surface area (Å²) in [6.07, 6.45) is 2.24. The molecule has 1 fully saturated rings. The first-order valence-electron chi connectivity index (χ1n) is 11.2. The summed E-state index contributed by atoms with van der Waals surface area (Å²) in [6.45, 7) is 8.64. The Hall–Kier alpha value is -2.97. The Labute approximate surface area is 188 Å². The highest BCUT2D eigenvalue weighted by Crippen LogP contribution is 2.22. The lowest BCUT2D eigenvalue weighted by atomic mass is 9.98. The van der Waals surface area contributed by atoms with Gasteiger partial charge in [0, 0.05) is 49.3 Å². The number of carbonyl (C=O) groups excluding carboxylic acids is 3. The Morgan fingerprint density at radius 1 is 1.31 bits per heavy atom. The number of aryl methyl sites for hydroxylation is 1. The third-order valence-electron chi connectivity index (χ3n) is 6.00. The van der Waals surface area contributed by atoms with E-state index in [1.54, 1.807) is 35.8 Å². The lowest BCUT2D eigenvalue weighted by Crippen LogP contribution is -2.45. The number of piperidine rings is 1. The molecule has 32 heavy (non-hydrogen) atoms. The van der Waals surface area contributed by atoms with Gasteiger partial charge >= 0.3 is 5.97 Å². The molecular weight excluding hydrogens is 414 g/mol. The molecule has 1 aliphatic rings. The maximum atomic E-state index is 13.2. The molecule has 2 atom stereocenters. The molecule has 0 radical (unpaired) electrons. The van der Waals surface area contributed by atoms with Crippen molar-refractivity contribution >= 4 is 23.5 Å². The van der Waals surface area contributed by atoms with E-state index in [-0.39, 0.29) is 54.0 Å². The summed E-state index contributed by atoms with van der Waals surface area (Å²) >= 11 is 0. The number of hydrogen-bond donors (Lipinski definition) is 0. The number of likely N-dealkylation sites (tertiary alicyclic amines) is 1. The van der Waals surface area contributed by atoms with Crippen LogP contribution in [0.2, 0.25) is 0 Å². The van der Waals surface area contributed by atoms with Gasteiger partial charge in [-0.25, -0.2) is 0 Å². The Bertz CT molecular complexity index is 856. The Morgan fingerprint density at radius 2 is 2.03 bits per heavy atom. The molecule has 2 unspecified atom stereocenters. The summed E-state index contributed by atoms with van der Waals surface area (Å²) in [5, 5.41) is 11.3. The number of hydrogen-bond acceptors (Lipinski definition) is 6. The minimum atomic E-state index is -0.500. The normalized spacial score (nSPS) is 16.9. The van der Waals surface area contributed by atoms with E-state index in [0.29, 0.717) is 38.1 Å². The van der Waals surface area contributed by atoms with Gasteiger partial charge in [-0.2, -0.15) is 0 Å². The summed E-state index contributed by atoms with van der Waals surface area (Å²) in [5.41, 5.74) is 0.614. The molecule has 0 bridgehead atoms. The summed E-state index contributed by atoms with van der Waals surface area (Å²) in [7, 11) is 0. The molecule has 2 rings (SSSR count). The Kier molecular flexibility index (Phi) is 9.16. The number of carbonyl (C=O) groups is 3. The van der Waals surface area contributed by atoms with Crippen LogP contribution in [-0.4, -0.2) is 64.8 Å². The van der Waals surface area contributed by atoms with E-state index in [1.807, 2.05) is 13.8 Å². The second kappa shape index (κ2) is 11.6. The van der Waals surface area contributed by atoms with Crippen molar-refractivity contribution in [3.8, 4) is 0 Å². The van der Waals surface area contributed by atoms with E-state index in [4.69, 9.17) is 4.74 Å². The maximum Gasteiger partial charge on any atom is 0.310 e. The van der Waals surface area contributed by atoms with Crippen molar-refractivity contribution in [2.45, 2.75) is 59.4 Å². The molecule has 0 spiro atoms. The van der Waals surface area contributed by atoms with Gasteiger partial charge in [-0.3, -0.25) is 24.5 Å². The standard InChI is InChI=1S/C23H33N3O6/c1-5-17(4)25(22(28)18-10-9-16(3)20(14-18)26(30)31)13-11-21(27)24-12-7-8-19(15-24)23(29)32-6-2/h9-10,14,17,19H,5-8,11-13,15H2,1-4H3. The third kappa shape index (κ3) is 6.27. The predicted molar refractivity (Wildman–Crippen MR) is 119 cm³/mol. The summed E-state index contributed by atoms with van der Waals surface area (Å²) in [4.78, 5) is 52.1. The fourth-order valence-corrected chi connectivity index (χ4v) is 3.88. The van der Waals surface area contributed by atoms with Crippen LogP contribution in [0.15, 0.2) is 18.2 Å². The van der Waals surface area contributed by atoms with E-state index < -0.39 is 4.92 Å². The largest absolute Gasteiger partial charge is 0.466 e. The number of amides is 2. The van der Waals surface area contributed by atoms with Crippen LogP contribution in [0.1, 0.15) is 62.4 Å². The molecule has 9 nitrogen and oxygen atoms in total. The zero-order valence-electron chi connectivity index (χ0n) is 19.3. The van der Waals surface area contributed by atoms with Crippen molar-refractivity contribution in [2.24, 2.45) is 5.92 Å². The highest BCUT2D eigenvalue weighted by Gasteiger charge is 2.30. The van der Waals surface area contributed by atoms with Gasteiger partial charge in [-0.15, -0.1) is 0 Å². The SMILES string of the molecule is CCOC(=O)C1CCCN(C(=O)CCN(C(=O)c2ccc(C)c([N+](=O)[O-])c2)C(C)CC)C1. The van der Waals surface area contributed by atoms with Crippen LogP contribution < -0.4 is 0 Å². The van der Waals surface area contributed by atoms with Crippen molar-refractivity contribution in [1.29, 1.82) is 0 Å². The van der Waals surface area contributed by atoms with Crippen molar-refractivity contribution in [3.63, 3.8) is 0 Å². The Morgan fingerprint density at radius 3 is 2.66 bits per heavy atom. The van der Waals surface area contributed by atoms with E-state index in [1.165, 1.54) is 6.07 Å². The number of esters is 1. The molecule has 1 saturated heterocycles. The van der Waals surface area contributed by atoms with Crippen molar-refractivity contribution in [3.05, 3.63) is 39.4 Å². The Balaban J connectivity index is 2.09. The van der Waals surface area contributed by atoms with Gasteiger partial charge in [0.2, 0.25) is 5.91 Å². The maximum absolute atomic E-state index is 13.2. The topological polar surface area (TPSA) is 110 Å². The number of nitro benzene ring substituents is 1. The van der Waals surface area contributed by atoms with E-state index in [0.717, 1.165) is 6.42 Å². The fraction of sp³-hybridized carbons (Fsp3) is 0.609. The molecule has 0 saturated carbocycles. The second-order valence-electron chi connectivity index (χ2n) is 8.20. The summed E-state index contributed by atoms with van der Waals surface area (Å²) < 4.78 is 5.09. The van der Waals surface area contributed by atoms with Gasteiger partial charge in [0.05, 0.1) is 17.4 Å². The number of rotatable bonds is 9. The van der Waals surface area contributed by atoms with Gasteiger partial charge in [0.15, 0.2) is 0 Å². The second-order valence-corrected chi connectivity index (χ2v) is 8.20. The molecule has 0 aromatic heterocycles. The smallest absolute Gasteiger partial charge is 0.310 e. The van der Waals surface area contributed by atoms with E-state index in [2.05, 4.69) is 0 Å². The molecule has 1 heterocycles. The number of benzene rings is 1. The minimum Gasteiger partial charge on any atom is -0.466 e.